The lowest BCUT2D eigenvalue weighted by Gasteiger charge is -2.60. The van der Waals surface area contributed by atoms with E-state index in [1.54, 1.807) is 0 Å². The van der Waals surface area contributed by atoms with Crippen LogP contribution in [-0.2, 0) is 0 Å². The van der Waals surface area contributed by atoms with Gasteiger partial charge in [-0.25, -0.2) is 0 Å². The Hall–Kier alpha value is -1.59. The molecule has 0 heterocycles. The van der Waals surface area contributed by atoms with Crippen LogP contribution in [0.1, 0.15) is 54.4 Å². The van der Waals surface area contributed by atoms with Gasteiger partial charge in [-0.1, -0.05) is 11.6 Å². The molecule has 5 rings (SSSR count). The Bertz CT molecular complexity index is 674. The van der Waals surface area contributed by atoms with Crippen molar-refractivity contribution >= 4 is 5.91 Å². The van der Waals surface area contributed by atoms with Crippen molar-refractivity contribution < 1.29 is 14.6 Å². The number of nitrogens with one attached hydrogen (secondary N) is 1. The third-order valence-electron chi connectivity index (χ3n) is 6.16. The number of carbonyl (C=O) groups is 1. The minimum atomic E-state index is -0.581. The Kier molecular flexibility index (Phi) is 4.04. The Balaban J connectivity index is 1.57. The molecule has 1 amide bonds. The van der Waals surface area contributed by atoms with Crippen LogP contribution in [0, 0.1) is 18.8 Å². The van der Waals surface area contributed by atoms with Crippen molar-refractivity contribution in [2.24, 2.45) is 17.6 Å². The van der Waals surface area contributed by atoms with Gasteiger partial charge in [0.15, 0.2) is 0 Å². The topological polar surface area (TPSA) is 84.6 Å². The number of carbonyl (C=O) groups excluding carboxylic acids is 1. The number of hydrogen-bond acceptors (Lipinski definition) is 4. The van der Waals surface area contributed by atoms with E-state index in [4.69, 9.17) is 10.5 Å². The molecule has 0 aromatic heterocycles. The second-order valence-corrected chi connectivity index (χ2v) is 8.56. The average molecular weight is 344 g/mol. The van der Waals surface area contributed by atoms with Gasteiger partial charge in [0.25, 0.3) is 5.91 Å². The number of rotatable bonds is 5. The Morgan fingerprint density at radius 1 is 1.32 bits per heavy atom. The van der Waals surface area contributed by atoms with Crippen LogP contribution in [0.5, 0.6) is 5.75 Å². The van der Waals surface area contributed by atoms with E-state index in [-0.39, 0.29) is 11.4 Å². The highest BCUT2D eigenvalue weighted by Gasteiger charge is 2.57. The second kappa shape index (κ2) is 5.99. The molecule has 1 aromatic carbocycles. The largest absolute Gasteiger partial charge is 0.491 e. The number of hydrogen-bond donors (Lipinski definition) is 3. The third kappa shape index (κ3) is 3.15. The summed E-state index contributed by atoms with van der Waals surface area (Å²) in [5.41, 5.74) is 6.28. The molecule has 0 spiro atoms. The number of nitrogens with two attached hydrogens (primary N) is 1. The van der Waals surface area contributed by atoms with E-state index in [2.05, 4.69) is 5.32 Å². The fourth-order valence-electron chi connectivity index (χ4n) is 5.78. The first-order chi connectivity index (χ1) is 11.9. The van der Waals surface area contributed by atoms with Crippen LogP contribution in [0.3, 0.4) is 0 Å². The number of aliphatic hydroxyl groups is 1. The van der Waals surface area contributed by atoms with Gasteiger partial charge in [0, 0.05) is 12.1 Å². The lowest BCUT2D eigenvalue weighted by Crippen LogP contribution is -2.65. The predicted molar refractivity (Wildman–Crippen MR) is 95.6 cm³/mol. The molecule has 25 heavy (non-hydrogen) atoms. The number of ether oxygens (including phenoxy) is 1. The standard InChI is InChI=1S/C20H28N2O3/c1-13-2-3-17(25-5-4-21)16(6-13)18(23)22-19-8-14-7-15(9-19)11-20(24,10-14)12-19/h2-3,6,14-15,24H,4-5,7-12,21H2,1H3,(H,22,23). The summed E-state index contributed by atoms with van der Waals surface area (Å²) in [6.07, 6.45) is 5.66. The molecule has 4 saturated carbocycles. The highest BCUT2D eigenvalue weighted by molar-refractivity contribution is 5.97. The summed E-state index contributed by atoms with van der Waals surface area (Å²) in [4.78, 5) is 13.1. The first-order valence-corrected chi connectivity index (χ1v) is 9.39. The van der Waals surface area contributed by atoms with E-state index in [0.717, 1.165) is 31.2 Å². The fourth-order valence-corrected chi connectivity index (χ4v) is 5.78. The molecule has 2 atom stereocenters. The van der Waals surface area contributed by atoms with Gasteiger partial charge in [-0.15, -0.1) is 0 Å². The van der Waals surface area contributed by atoms with E-state index in [1.807, 2.05) is 25.1 Å². The molecule has 4 aliphatic rings. The summed E-state index contributed by atoms with van der Waals surface area (Å²) >= 11 is 0. The smallest absolute Gasteiger partial charge is 0.255 e. The third-order valence-corrected chi connectivity index (χ3v) is 6.16. The highest BCUT2D eigenvalue weighted by atomic mass is 16.5. The van der Waals surface area contributed by atoms with Crippen molar-refractivity contribution in [1.82, 2.24) is 5.32 Å². The van der Waals surface area contributed by atoms with Crippen molar-refractivity contribution in [3.63, 3.8) is 0 Å². The molecule has 2 unspecified atom stereocenters. The SMILES string of the molecule is Cc1ccc(OCCN)c(C(=O)NC23CC4CC(CC(O)(C4)C2)C3)c1. The van der Waals surface area contributed by atoms with Crippen LogP contribution in [0.4, 0.5) is 0 Å². The Morgan fingerprint density at radius 3 is 2.68 bits per heavy atom. The lowest BCUT2D eigenvalue weighted by molar-refractivity contribution is -0.139. The normalized spacial score (nSPS) is 35.6. The van der Waals surface area contributed by atoms with Gasteiger partial charge < -0.3 is 20.9 Å². The van der Waals surface area contributed by atoms with Crippen molar-refractivity contribution in [2.75, 3.05) is 13.2 Å². The van der Waals surface area contributed by atoms with Gasteiger partial charge >= 0.3 is 0 Å². The summed E-state index contributed by atoms with van der Waals surface area (Å²) in [6, 6.07) is 5.65. The molecule has 1 aromatic rings. The monoisotopic (exact) mass is 344 g/mol. The Labute approximate surface area is 148 Å². The van der Waals surface area contributed by atoms with Crippen molar-refractivity contribution in [3.05, 3.63) is 29.3 Å². The van der Waals surface area contributed by atoms with Gasteiger partial charge in [-0.3, -0.25) is 4.79 Å². The second-order valence-electron chi connectivity index (χ2n) is 8.56. The zero-order chi connectivity index (χ0) is 17.7. The molecule has 5 heteroatoms. The molecule has 4 fully saturated rings. The zero-order valence-corrected chi connectivity index (χ0v) is 14.9. The maximum Gasteiger partial charge on any atom is 0.255 e. The number of amides is 1. The molecule has 0 saturated heterocycles. The van der Waals surface area contributed by atoms with Crippen LogP contribution in [0.25, 0.3) is 0 Å². The van der Waals surface area contributed by atoms with Gasteiger partial charge in [0.1, 0.15) is 12.4 Å². The molecule has 0 radical (unpaired) electrons. The van der Waals surface area contributed by atoms with Crippen molar-refractivity contribution in [2.45, 2.75) is 56.6 Å². The van der Waals surface area contributed by atoms with E-state index >= 15 is 0 Å². The molecule has 0 aliphatic heterocycles. The van der Waals surface area contributed by atoms with Crippen LogP contribution in [0.2, 0.25) is 0 Å². The van der Waals surface area contributed by atoms with Crippen LogP contribution >= 0.6 is 0 Å². The van der Waals surface area contributed by atoms with Gasteiger partial charge in [-0.2, -0.15) is 0 Å². The maximum absolute atomic E-state index is 13.1. The highest BCUT2D eigenvalue weighted by Crippen LogP contribution is 2.57. The molecule has 4 aliphatic carbocycles. The van der Waals surface area contributed by atoms with Gasteiger partial charge in [0.05, 0.1) is 11.2 Å². The Morgan fingerprint density at radius 2 is 2.04 bits per heavy atom. The van der Waals surface area contributed by atoms with Gasteiger partial charge in [-0.05, 0) is 69.4 Å². The van der Waals surface area contributed by atoms with E-state index in [9.17, 15) is 9.90 Å². The molecular formula is C20H28N2O3. The van der Waals surface area contributed by atoms with E-state index < -0.39 is 5.60 Å². The zero-order valence-electron chi connectivity index (χ0n) is 14.9. The molecule has 5 nitrogen and oxygen atoms in total. The first-order valence-electron chi connectivity index (χ1n) is 9.39. The molecule has 136 valence electrons. The number of benzene rings is 1. The van der Waals surface area contributed by atoms with Crippen molar-refractivity contribution in [1.29, 1.82) is 0 Å². The van der Waals surface area contributed by atoms with Crippen LogP contribution < -0.4 is 15.8 Å². The minimum absolute atomic E-state index is 0.0960. The summed E-state index contributed by atoms with van der Waals surface area (Å²) in [5, 5.41) is 14.2. The average Bonchev–Trinajstić information content (AvgIpc) is 2.50. The summed E-state index contributed by atoms with van der Waals surface area (Å²) in [5.74, 6) is 1.56. The number of aryl methyl sites for hydroxylation is 1. The van der Waals surface area contributed by atoms with Crippen molar-refractivity contribution in [3.8, 4) is 5.75 Å². The van der Waals surface area contributed by atoms with E-state index in [1.165, 1.54) is 6.42 Å². The fraction of sp³-hybridized carbons (Fsp3) is 0.650. The summed E-state index contributed by atoms with van der Waals surface area (Å²) in [6.45, 7) is 2.77. The van der Waals surface area contributed by atoms with Gasteiger partial charge in [0.2, 0.25) is 0 Å². The maximum atomic E-state index is 13.1. The van der Waals surface area contributed by atoms with Crippen LogP contribution in [-0.4, -0.2) is 35.3 Å². The molecule has 4 N–H and O–H groups in total. The minimum Gasteiger partial charge on any atom is -0.491 e. The van der Waals surface area contributed by atoms with E-state index in [0.29, 0.717) is 42.7 Å². The molecular weight excluding hydrogens is 316 g/mol. The lowest BCUT2D eigenvalue weighted by atomic mass is 9.51. The quantitative estimate of drug-likeness (QED) is 0.764. The first kappa shape index (κ1) is 16.9. The summed E-state index contributed by atoms with van der Waals surface area (Å²) in [7, 11) is 0. The predicted octanol–water partition coefficient (Wildman–Crippen LogP) is 2.15. The van der Waals surface area contributed by atoms with Crippen LogP contribution in [0.15, 0.2) is 18.2 Å². The molecule has 4 bridgehead atoms. The summed E-state index contributed by atoms with van der Waals surface area (Å²) < 4.78 is 5.67.